The first-order chi connectivity index (χ1) is 8.81. The van der Waals surface area contributed by atoms with Crippen molar-refractivity contribution in [3.05, 3.63) is 53.7 Å². The number of hydrazine groups is 1. The molecular formula is C13H15N3OS. The largest absolute Gasteiger partial charge is 0.392 e. The van der Waals surface area contributed by atoms with Crippen molar-refractivity contribution in [2.45, 2.75) is 17.3 Å². The number of anilines is 1. The Hall–Kier alpha value is -1.56. The number of pyridine rings is 1. The van der Waals surface area contributed by atoms with Crippen LogP contribution in [0.3, 0.4) is 0 Å². The van der Waals surface area contributed by atoms with Crippen LogP contribution in [0.4, 0.5) is 5.82 Å². The average molecular weight is 261 g/mol. The van der Waals surface area contributed by atoms with Crippen LogP contribution in [0.1, 0.15) is 11.1 Å². The van der Waals surface area contributed by atoms with Crippen LogP contribution in [0, 0.1) is 0 Å². The summed E-state index contributed by atoms with van der Waals surface area (Å²) in [6.45, 7) is 0.0857. The number of hydrogen-bond donors (Lipinski definition) is 3. The molecule has 0 saturated heterocycles. The quantitative estimate of drug-likeness (QED) is 0.437. The smallest absolute Gasteiger partial charge is 0.139 e. The van der Waals surface area contributed by atoms with Crippen LogP contribution in [-0.2, 0) is 12.4 Å². The second-order valence-corrected chi connectivity index (χ2v) is 4.84. The van der Waals surface area contributed by atoms with Gasteiger partial charge in [-0.05, 0) is 29.3 Å². The SMILES string of the molecule is NNc1ccc(CSc2ccc(CO)cc2)cn1. The third-order valence-electron chi connectivity index (χ3n) is 2.48. The van der Waals surface area contributed by atoms with Crippen molar-refractivity contribution >= 4 is 17.6 Å². The molecule has 4 N–H and O–H groups in total. The molecule has 18 heavy (non-hydrogen) atoms. The van der Waals surface area contributed by atoms with Gasteiger partial charge in [-0.15, -0.1) is 11.8 Å². The number of thioether (sulfide) groups is 1. The summed E-state index contributed by atoms with van der Waals surface area (Å²) in [6, 6.07) is 11.7. The van der Waals surface area contributed by atoms with Gasteiger partial charge in [-0.1, -0.05) is 18.2 Å². The zero-order chi connectivity index (χ0) is 12.8. The van der Waals surface area contributed by atoms with Crippen molar-refractivity contribution in [3.63, 3.8) is 0 Å². The van der Waals surface area contributed by atoms with E-state index in [9.17, 15) is 0 Å². The molecule has 1 aromatic heterocycles. The number of aliphatic hydroxyl groups is 1. The van der Waals surface area contributed by atoms with Crippen molar-refractivity contribution in [2.24, 2.45) is 5.84 Å². The fourth-order valence-corrected chi connectivity index (χ4v) is 2.29. The standard InChI is InChI=1S/C13H15N3OS/c14-16-13-6-3-11(7-15-13)9-18-12-4-1-10(8-17)2-5-12/h1-7,17H,8-9,14H2,(H,15,16). The zero-order valence-corrected chi connectivity index (χ0v) is 10.7. The van der Waals surface area contributed by atoms with Gasteiger partial charge < -0.3 is 10.5 Å². The van der Waals surface area contributed by atoms with Crippen LogP contribution in [0.2, 0.25) is 0 Å². The molecule has 1 heterocycles. The van der Waals surface area contributed by atoms with Crippen LogP contribution >= 0.6 is 11.8 Å². The molecule has 0 spiro atoms. The maximum atomic E-state index is 8.95. The number of aliphatic hydroxyl groups excluding tert-OH is 1. The van der Waals surface area contributed by atoms with E-state index < -0.39 is 0 Å². The molecule has 0 radical (unpaired) electrons. The third-order valence-corrected chi connectivity index (χ3v) is 3.57. The van der Waals surface area contributed by atoms with Crippen LogP contribution in [0.5, 0.6) is 0 Å². The van der Waals surface area contributed by atoms with Crippen molar-refractivity contribution in [1.29, 1.82) is 0 Å². The highest BCUT2D eigenvalue weighted by Gasteiger charge is 1.98. The van der Waals surface area contributed by atoms with Gasteiger partial charge in [0.2, 0.25) is 0 Å². The van der Waals surface area contributed by atoms with Crippen molar-refractivity contribution < 1.29 is 5.11 Å². The Morgan fingerprint density at radius 2 is 1.83 bits per heavy atom. The average Bonchev–Trinajstić information content (AvgIpc) is 2.46. The van der Waals surface area contributed by atoms with Gasteiger partial charge in [-0.25, -0.2) is 10.8 Å². The third kappa shape index (κ3) is 3.46. The molecule has 4 nitrogen and oxygen atoms in total. The van der Waals surface area contributed by atoms with Gasteiger partial charge in [0.25, 0.3) is 0 Å². The van der Waals surface area contributed by atoms with Gasteiger partial charge in [0.1, 0.15) is 5.82 Å². The van der Waals surface area contributed by atoms with E-state index in [0.717, 1.165) is 16.9 Å². The van der Waals surface area contributed by atoms with E-state index in [4.69, 9.17) is 10.9 Å². The number of nitrogens with zero attached hydrogens (tertiary/aromatic N) is 1. The number of benzene rings is 1. The molecule has 0 aliphatic rings. The maximum absolute atomic E-state index is 8.95. The van der Waals surface area contributed by atoms with Gasteiger partial charge in [0.05, 0.1) is 6.61 Å². The van der Waals surface area contributed by atoms with E-state index in [-0.39, 0.29) is 6.61 Å². The number of nitrogens with one attached hydrogen (secondary N) is 1. The van der Waals surface area contributed by atoms with E-state index in [1.165, 1.54) is 4.90 Å². The molecule has 0 aliphatic heterocycles. The van der Waals surface area contributed by atoms with Crippen LogP contribution in [0.15, 0.2) is 47.5 Å². The second kappa shape index (κ2) is 6.39. The predicted molar refractivity (Wildman–Crippen MR) is 74.0 cm³/mol. The first kappa shape index (κ1) is 12.9. The highest BCUT2D eigenvalue weighted by atomic mass is 32.2. The summed E-state index contributed by atoms with van der Waals surface area (Å²) < 4.78 is 0. The van der Waals surface area contributed by atoms with Crippen LogP contribution in [-0.4, -0.2) is 10.1 Å². The molecule has 2 rings (SSSR count). The number of hydrogen-bond acceptors (Lipinski definition) is 5. The van der Waals surface area contributed by atoms with Crippen molar-refractivity contribution in [2.75, 3.05) is 5.43 Å². The Morgan fingerprint density at radius 3 is 2.39 bits per heavy atom. The molecule has 0 atom stereocenters. The predicted octanol–water partition coefficient (Wildman–Crippen LogP) is 2.15. The van der Waals surface area contributed by atoms with Crippen molar-refractivity contribution in [3.8, 4) is 0 Å². The first-order valence-corrected chi connectivity index (χ1v) is 6.54. The summed E-state index contributed by atoms with van der Waals surface area (Å²) in [5.74, 6) is 6.77. The summed E-state index contributed by atoms with van der Waals surface area (Å²) in [5.41, 5.74) is 4.57. The Morgan fingerprint density at radius 1 is 1.11 bits per heavy atom. The fourth-order valence-electron chi connectivity index (χ4n) is 1.45. The van der Waals surface area contributed by atoms with E-state index in [2.05, 4.69) is 10.4 Å². The molecule has 1 aromatic carbocycles. The molecule has 0 saturated carbocycles. The summed E-state index contributed by atoms with van der Waals surface area (Å²) >= 11 is 1.73. The molecule has 0 amide bonds. The van der Waals surface area contributed by atoms with E-state index >= 15 is 0 Å². The summed E-state index contributed by atoms with van der Waals surface area (Å²) in [6.07, 6.45) is 1.81. The Balaban J connectivity index is 1.93. The Bertz CT molecular complexity index is 437. The molecule has 0 aliphatic carbocycles. The number of nitrogen functional groups attached to an aromatic ring is 1. The Kier molecular flexibility index (Phi) is 4.58. The molecule has 94 valence electrons. The second-order valence-electron chi connectivity index (χ2n) is 3.79. The first-order valence-electron chi connectivity index (χ1n) is 5.56. The lowest BCUT2D eigenvalue weighted by Gasteiger charge is -2.04. The normalized spacial score (nSPS) is 10.3. The molecule has 0 unspecified atom stereocenters. The lowest BCUT2D eigenvalue weighted by molar-refractivity contribution is 0.282. The lowest BCUT2D eigenvalue weighted by Crippen LogP contribution is -2.08. The van der Waals surface area contributed by atoms with Crippen LogP contribution < -0.4 is 11.3 Å². The number of rotatable bonds is 5. The summed E-state index contributed by atoms with van der Waals surface area (Å²) in [5, 5.41) is 8.95. The zero-order valence-electron chi connectivity index (χ0n) is 9.84. The molecule has 0 fully saturated rings. The van der Waals surface area contributed by atoms with Gasteiger partial charge in [0, 0.05) is 16.8 Å². The summed E-state index contributed by atoms with van der Waals surface area (Å²) in [7, 11) is 0. The van der Waals surface area contributed by atoms with Gasteiger partial charge in [-0.3, -0.25) is 0 Å². The van der Waals surface area contributed by atoms with E-state index in [1.807, 2.05) is 42.6 Å². The van der Waals surface area contributed by atoms with Gasteiger partial charge in [-0.2, -0.15) is 0 Å². The van der Waals surface area contributed by atoms with E-state index in [0.29, 0.717) is 5.82 Å². The Labute approximate surface area is 110 Å². The molecular weight excluding hydrogens is 246 g/mol. The lowest BCUT2D eigenvalue weighted by atomic mass is 10.2. The minimum atomic E-state index is 0.0857. The molecule has 2 aromatic rings. The minimum Gasteiger partial charge on any atom is -0.392 e. The maximum Gasteiger partial charge on any atom is 0.139 e. The number of aromatic nitrogens is 1. The topological polar surface area (TPSA) is 71.2 Å². The highest BCUT2D eigenvalue weighted by Crippen LogP contribution is 2.23. The number of nitrogens with two attached hydrogens (primary N) is 1. The van der Waals surface area contributed by atoms with Crippen molar-refractivity contribution in [1.82, 2.24) is 4.98 Å². The monoisotopic (exact) mass is 261 g/mol. The fraction of sp³-hybridized carbons (Fsp3) is 0.154. The van der Waals surface area contributed by atoms with E-state index in [1.54, 1.807) is 11.8 Å². The molecule has 5 heteroatoms. The molecule has 0 bridgehead atoms. The van der Waals surface area contributed by atoms with Gasteiger partial charge in [0.15, 0.2) is 0 Å². The highest BCUT2D eigenvalue weighted by molar-refractivity contribution is 7.98. The summed E-state index contributed by atoms with van der Waals surface area (Å²) in [4.78, 5) is 5.33. The van der Waals surface area contributed by atoms with Gasteiger partial charge >= 0.3 is 0 Å². The minimum absolute atomic E-state index is 0.0857. The van der Waals surface area contributed by atoms with Crippen LogP contribution in [0.25, 0.3) is 0 Å².